The fourth-order valence-electron chi connectivity index (χ4n) is 2.76. The number of rotatable bonds is 6. The third-order valence-corrected chi connectivity index (χ3v) is 4.24. The predicted octanol–water partition coefficient (Wildman–Crippen LogP) is 3.46. The molecule has 1 aromatic carbocycles. The van der Waals surface area contributed by atoms with Crippen molar-refractivity contribution in [2.45, 2.75) is 39.3 Å². The van der Waals surface area contributed by atoms with Gasteiger partial charge in [0.25, 0.3) is 0 Å². The third-order valence-electron chi connectivity index (χ3n) is 4.24. The van der Waals surface area contributed by atoms with Crippen molar-refractivity contribution in [3.8, 4) is 5.75 Å². The van der Waals surface area contributed by atoms with E-state index in [-0.39, 0.29) is 0 Å². The lowest BCUT2D eigenvalue weighted by Gasteiger charge is -2.14. The van der Waals surface area contributed by atoms with Gasteiger partial charge in [0.1, 0.15) is 11.4 Å². The topological polar surface area (TPSA) is 49.6 Å². The van der Waals surface area contributed by atoms with E-state index in [1.165, 1.54) is 16.8 Å². The highest BCUT2D eigenvalue weighted by Gasteiger charge is 2.07. The van der Waals surface area contributed by atoms with Gasteiger partial charge in [0.15, 0.2) is 0 Å². The van der Waals surface area contributed by atoms with Gasteiger partial charge < -0.3 is 14.8 Å². The molecule has 0 spiro atoms. The first-order chi connectivity index (χ1) is 11.1. The average Bonchev–Trinajstić information content (AvgIpc) is 2.97. The molecule has 1 unspecified atom stereocenters. The van der Waals surface area contributed by atoms with Crippen LogP contribution in [0, 0.1) is 6.92 Å². The van der Waals surface area contributed by atoms with Gasteiger partial charge in [-0.2, -0.15) is 0 Å². The molecule has 3 rings (SSSR count). The molecule has 0 aliphatic heterocycles. The highest BCUT2D eigenvalue weighted by molar-refractivity contribution is 5.48. The Labute approximate surface area is 136 Å². The molecule has 0 saturated carbocycles. The number of hydrogen-bond acceptors (Lipinski definition) is 3. The van der Waals surface area contributed by atoms with Crippen LogP contribution in [0.25, 0.3) is 5.65 Å². The van der Waals surface area contributed by atoms with Crippen LogP contribution in [0.1, 0.15) is 30.2 Å². The van der Waals surface area contributed by atoms with Gasteiger partial charge in [0, 0.05) is 18.8 Å². The number of nitrogens with zero attached hydrogens (tertiary/aromatic N) is 2. The average molecular weight is 309 g/mol. The second-order valence-electron chi connectivity index (χ2n) is 6.12. The summed E-state index contributed by atoms with van der Waals surface area (Å²) in [6, 6.07) is 12.0. The molecule has 4 heteroatoms. The number of hydrogen-bond donors (Lipinski definition) is 2. The quantitative estimate of drug-likeness (QED) is 0.733. The summed E-state index contributed by atoms with van der Waals surface area (Å²) in [6.45, 7) is 5.09. The van der Waals surface area contributed by atoms with E-state index >= 15 is 0 Å². The summed E-state index contributed by atoms with van der Waals surface area (Å²) in [5, 5.41) is 12.9. The highest BCUT2D eigenvalue weighted by Crippen LogP contribution is 2.13. The maximum atomic E-state index is 9.31. The molecule has 0 fully saturated rings. The zero-order valence-corrected chi connectivity index (χ0v) is 13.7. The number of nitrogens with one attached hydrogen (secondary N) is 1. The van der Waals surface area contributed by atoms with Crippen molar-refractivity contribution in [1.82, 2.24) is 14.7 Å². The monoisotopic (exact) mass is 309 g/mol. The van der Waals surface area contributed by atoms with Gasteiger partial charge in [-0.1, -0.05) is 18.2 Å². The van der Waals surface area contributed by atoms with Crippen LogP contribution in [0.5, 0.6) is 5.75 Å². The van der Waals surface area contributed by atoms with Crippen LogP contribution < -0.4 is 5.32 Å². The molecule has 120 valence electrons. The van der Waals surface area contributed by atoms with Crippen molar-refractivity contribution in [3.05, 3.63) is 65.6 Å². The van der Waals surface area contributed by atoms with E-state index in [9.17, 15) is 5.11 Å². The Morgan fingerprint density at radius 3 is 2.78 bits per heavy atom. The number of aryl methyl sites for hydroxylation is 2. The van der Waals surface area contributed by atoms with Crippen LogP contribution in [0.3, 0.4) is 0 Å². The van der Waals surface area contributed by atoms with Crippen LogP contribution >= 0.6 is 0 Å². The van der Waals surface area contributed by atoms with Gasteiger partial charge in [-0.05, 0) is 56.0 Å². The lowest BCUT2D eigenvalue weighted by molar-refractivity contribution is 0.474. The number of fused-ring (bicyclic) bond motifs is 1. The van der Waals surface area contributed by atoms with Crippen LogP contribution in [-0.2, 0) is 13.0 Å². The molecular formula is C19H23N3O. The van der Waals surface area contributed by atoms with Crippen molar-refractivity contribution in [2.24, 2.45) is 0 Å². The molecule has 23 heavy (non-hydrogen) atoms. The number of benzene rings is 1. The van der Waals surface area contributed by atoms with E-state index in [0.29, 0.717) is 11.8 Å². The van der Waals surface area contributed by atoms with Crippen molar-refractivity contribution >= 4 is 5.65 Å². The normalized spacial score (nSPS) is 12.6. The second-order valence-corrected chi connectivity index (χ2v) is 6.12. The molecule has 0 saturated heterocycles. The number of aromatic hydroxyl groups is 1. The summed E-state index contributed by atoms with van der Waals surface area (Å²) in [5.41, 5.74) is 4.65. The van der Waals surface area contributed by atoms with E-state index in [1.54, 1.807) is 12.1 Å². The van der Waals surface area contributed by atoms with Crippen LogP contribution in [0.15, 0.2) is 48.8 Å². The molecule has 2 N–H and O–H groups in total. The van der Waals surface area contributed by atoms with Crippen LogP contribution in [0.2, 0.25) is 0 Å². The van der Waals surface area contributed by atoms with E-state index in [2.05, 4.69) is 46.9 Å². The molecule has 0 amide bonds. The number of phenolic OH excluding ortho intramolecular Hbond substituents is 1. The molecule has 1 atom stereocenters. The Morgan fingerprint density at radius 2 is 2.00 bits per heavy atom. The molecule has 0 aliphatic carbocycles. The standard InChI is InChI=1S/C19H23N3O/c1-14-4-3-11-22-17(13-21-19(14)22)12-20-15(2)5-6-16-7-9-18(23)10-8-16/h3-4,7-11,13,15,20,23H,5-6,12H2,1-2H3. The summed E-state index contributed by atoms with van der Waals surface area (Å²) in [4.78, 5) is 4.50. The zero-order chi connectivity index (χ0) is 16.2. The largest absolute Gasteiger partial charge is 0.508 e. The van der Waals surface area contributed by atoms with Crippen LogP contribution in [0.4, 0.5) is 0 Å². The Morgan fingerprint density at radius 1 is 1.22 bits per heavy atom. The minimum atomic E-state index is 0.322. The summed E-state index contributed by atoms with van der Waals surface area (Å²) in [6.07, 6.45) is 6.07. The summed E-state index contributed by atoms with van der Waals surface area (Å²) < 4.78 is 2.15. The molecular weight excluding hydrogens is 286 g/mol. The summed E-state index contributed by atoms with van der Waals surface area (Å²) in [5.74, 6) is 0.322. The van der Waals surface area contributed by atoms with E-state index in [4.69, 9.17) is 0 Å². The fraction of sp³-hybridized carbons (Fsp3) is 0.316. The minimum absolute atomic E-state index is 0.322. The highest BCUT2D eigenvalue weighted by atomic mass is 16.3. The number of pyridine rings is 1. The molecule has 0 bridgehead atoms. The summed E-state index contributed by atoms with van der Waals surface area (Å²) in [7, 11) is 0. The van der Waals surface area contributed by atoms with Crippen molar-refractivity contribution in [3.63, 3.8) is 0 Å². The lowest BCUT2D eigenvalue weighted by atomic mass is 10.1. The van der Waals surface area contributed by atoms with Crippen molar-refractivity contribution < 1.29 is 5.11 Å². The van der Waals surface area contributed by atoms with Gasteiger partial charge in [0.05, 0.1) is 11.9 Å². The first-order valence-electron chi connectivity index (χ1n) is 8.06. The predicted molar refractivity (Wildman–Crippen MR) is 92.7 cm³/mol. The van der Waals surface area contributed by atoms with Crippen molar-refractivity contribution in [2.75, 3.05) is 0 Å². The molecule has 4 nitrogen and oxygen atoms in total. The van der Waals surface area contributed by atoms with E-state index in [0.717, 1.165) is 25.0 Å². The smallest absolute Gasteiger partial charge is 0.139 e. The van der Waals surface area contributed by atoms with Crippen LogP contribution in [-0.4, -0.2) is 20.5 Å². The van der Waals surface area contributed by atoms with Crippen molar-refractivity contribution in [1.29, 1.82) is 0 Å². The number of phenols is 1. The Hall–Kier alpha value is -2.33. The SMILES string of the molecule is Cc1cccn2c(CNC(C)CCc3ccc(O)cc3)cnc12. The Kier molecular flexibility index (Phi) is 4.63. The summed E-state index contributed by atoms with van der Waals surface area (Å²) >= 11 is 0. The maximum Gasteiger partial charge on any atom is 0.139 e. The first-order valence-corrected chi connectivity index (χ1v) is 8.06. The first kappa shape index (κ1) is 15.6. The fourth-order valence-corrected chi connectivity index (χ4v) is 2.76. The van der Waals surface area contributed by atoms with Gasteiger partial charge in [-0.3, -0.25) is 0 Å². The number of imidazole rings is 1. The van der Waals surface area contributed by atoms with Gasteiger partial charge >= 0.3 is 0 Å². The Bertz CT molecular complexity index is 777. The third kappa shape index (κ3) is 3.71. The Balaban J connectivity index is 1.55. The van der Waals surface area contributed by atoms with Gasteiger partial charge in [0.2, 0.25) is 0 Å². The van der Waals surface area contributed by atoms with E-state index < -0.39 is 0 Å². The lowest BCUT2D eigenvalue weighted by Crippen LogP contribution is -2.26. The molecule has 2 heterocycles. The number of aromatic nitrogens is 2. The van der Waals surface area contributed by atoms with Gasteiger partial charge in [-0.25, -0.2) is 4.98 Å². The molecule has 2 aromatic heterocycles. The zero-order valence-electron chi connectivity index (χ0n) is 13.7. The molecule has 0 radical (unpaired) electrons. The van der Waals surface area contributed by atoms with Gasteiger partial charge in [-0.15, -0.1) is 0 Å². The molecule has 3 aromatic rings. The maximum absolute atomic E-state index is 9.31. The molecule has 0 aliphatic rings. The minimum Gasteiger partial charge on any atom is -0.508 e. The van der Waals surface area contributed by atoms with E-state index in [1.807, 2.05) is 18.3 Å². The second kappa shape index (κ2) is 6.84.